The van der Waals surface area contributed by atoms with Gasteiger partial charge in [-0.3, -0.25) is 4.79 Å². The van der Waals surface area contributed by atoms with Gasteiger partial charge < -0.3 is 4.90 Å². The van der Waals surface area contributed by atoms with E-state index in [1.54, 1.807) is 4.90 Å². The van der Waals surface area contributed by atoms with Crippen LogP contribution in [0.1, 0.15) is 23.2 Å². The van der Waals surface area contributed by atoms with Crippen LogP contribution in [0.25, 0.3) is 0 Å². The molecule has 1 amide bonds. The highest BCUT2D eigenvalue weighted by molar-refractivity contribution is 9.10. The summed E-state index contributed by atoms with van der Waals surface area (Å²) in [6, 6.07) is 2.60. The minimum absolute atomic E-state index is 0.0816. The molecule has 0 aliphatic carbocycles. The Bertz CT molecular complexity index is 432. The lowest BCUT2D eigenvalue weighted by molar-refractivity contribution is 0.0788. The number of hydrogen-bond acceptors (Lipinski definition) is 1. The minimum atomic E-state index is -0.565. The van der Waals surface area contributed by atoms with Crippen molar-refractivity contribution in [1.82, 2.24) is 4.90 Å². The number of likely N-dealkylation sites (tertiary alicyclic amines) is 1. The summed E-state index contributed by atoms with van der Waals surface area (Å²) in [4.78, 5) is 13.6. The molecule has 0 bridgehead atoms. The number of rotatable bonds is 1. The van der Waals surface area contributed by atoms with Crippen LogP contribution in [-0.2, 0) is 0 Å². The molecule has 2 rings (SSSR count). The van der Waals surface area contributed by atoms with E-state index in [-0.39, 0.29) is 16.5 Å². The normalized spacial score (nSPS) is 15.6. The maximum atomic E-state index is 13.6. The second-order valence-corrected chi connectivity index (χ2v) is 5.01. The number of carbonyl (C=O) groups excluding carboxylic acids is 1. The van der Waals surface area contributed by atoms with Gasteiger partial charge in [0.25, 0.3) is 5.91 Å². The maximum Gasteiger partial charge on any atom is 0.256 e. The van der Waals surface area contributed by atoms with E-state index in [2.05, 4.69) is 15.9 Å². The number of halogens is 3. The minimum Gasteiger partial charge on any atom is -0.339 e. The molecule has 2 nitrogen and oxygen atoms in total. The van der Waals surface area contributed by atoms with Crippen LogP contribution in [0.5, 0.6) is 0 Å². The second-order valence-electron chi connectivity index (χ2n) is 3.75. The standard InChI is InChI=1S/C11H10BrClFNO/c12-8-5-7(10(14)6-9(8)13)11(16)15-3-1-2-4-15/h5-6H,1-4H2. The molecule has 86 valence electrons. The van der Waals surface area contributed by atoms with Crippen molar-refractivity contribution in [1.29, 1.82) is 0 Å². The van der Waals surface area contributed by atoms with Gasteiger partial charge in [0, 0.05) is 17.6 Å². The molecule has 1 fully saturated rings. The van der Waals surface area contributed by atoms with Crippen molar-refractivity contribution < 1.29 is 9.18 Å². The van der Waals surface area contributed by atoms with Crippen molar-refractivity contribution in [3.05, 3.63) is 33.0 Å². The van der Waals surface area contributed by atoms with E-state index in [1.165, 1.54) is 6.07 Å². The molecule has 5 heteroatoms. The van der Waals surface area contributed by atoms with Crippen LogP contribution < -0.4 is 0 Å². The first-order valence-electron chi connectivity index (χ1n) is 5.03. The van der Waals surface area contributed by atoms with Crippen molar-refractivity contribution in [2.24, 2.45) is 0 Å². The van der Waals surface area contributed by atoms with Crippen molar-refractivity contribution in [3.63, 3.8) is 0 Å². The largest absolute Gasteiger partial charge is 0.339 e. The predicted molar refractivity (Wildman–Crippen MR) is 64.2 cm³/mol. The van der Waals surface area contributed by atoms with E-state index in [0.717, 1.165) is 18.9 Å². The fourth-order valence-electron chi connectivity index (χ4n) is 1.78. The number of hydrogen-bond donors (Lipinski definition) is 0. The summed E-state index contributed by atoms with van der Waals surface area (Å²) in [6.45, 7) is 1.41. The zero-order valence-electron chi connectivity index (χ0n) is 8.47. The monoisotopic (exact) mass is 305 g/mol. The van der Waals surface area contributed by atoms with Crippen LogP contribution in [0.2, 0.25) is 5.02 Å². The molecule has 0 atom stereocenters. The highest BCUT2D eigenvalue weighted by Gasteiger charge is 2.22. The lowest BCUT2D eigenvalue weighted by Gasteiger charge is -2.16. The van der Waals surface area contributed by atoms with E-state index in [0.29, 0.717) is 17.6 Å². The Kier molecular flexibility index (Phi) is 3.50. The first-order valence-corrected chi connectivity index (χ1v) is 6.20. The molecule has 1 aromatic carbocycles. The van der Waals surface area contributed by atoms with Gasteiger partial charge in [-0.2, -0.15) is 0 Å². The molecule has 1 aliphatic rings. The van der Waals surface area contributed by atoms with Gasteiger partial charge in [0.15, 0.2) is 0 Å². The van der Waals surface area contributed by atoms with Crippen LogP contribution in [0.4, 0.5) is 4.39 Å². The third kappa shape index (κ3) is 2.23. The first-order chi connectivity index (χ1) is 7.59. The first kappa shape index (κ1) is 11.9. The van der Waals surface area contributed by atoms with Crippen LogP contribution in [0.3, 0.4) is 0 Å². The Hall–Kier alpha value is -0.610. The summed E-state index contributed by atoms with van der Waals surface area (Å²) in [5, 5.41) is 0.274. The zero-order chi connectivity index (χ0) is 11.7. The van der Waals surface area contributed by atoms with Crippen LogP contribution >= 0.6 is 27.5 Å². The second kappa shape index (κ2) is 4.72. The fraction of sp³-hybridized carbons (Fsp3) is 0.364. The third-order valence-electron chi connectivity index (χ3n) is 2.63. The third-order valence-corrected chi connectivity index (χ3v) is 3.83. The predicted octanol–water partition coefficient (Wildman–Crippen LogP) is 3.48. The molecule has 0 N–H and O–H groups in total. The summed E-state index contributed by atoms with van der Waals surface area (Å²) in [5.74, 6) is -0.822. The van der Waals surface area contributed by atoms with Crippen LogP contribution in [0.15, 0.2) is 16.6 Å². The summed E-state index contributed by atoms with van der Waals surface area (Å²) in [6.07, 6.45) is 1.98. The van der Waals surface area contributed by atoms with Gasteiger partial charge in [-0.15, -0.1) is 0 Å². The molecular formula is C11H10BrClFNO. The number of nitrogens with zero attached hydrogens (tertiary/aromatic N) is 1. The number of amides is 1. The van der Waals surface area contributed by atoms with Crippen molar-refractivity contribution in [2.45, 2.75) is 12.8 Å². The quantitative estimate of drug-likeness (QED) is 0.728. The Morgan fingerprint density at radius 2 is 2.00 bits per heavy atom. The van der Waals surface area contributed by atoms with E-state index in [4.69, 9.17) is 11.6 Å². The lowest BCUT2D eigenvalue weighted by atomic mass is 10.2. The van der Waals surface area contributed by atoms with E-state index in [1.807, 2.05) is 0 Å². The van der Waals surface area contributed by atoms with Gasteiger partial charge in [0.2, 0.25) is 0 Å². The summed E-state index contributed by atoms with van der Waals surface area (Å²) in [7, 11) is 0. The Labute approximate surface area is 107 Å². The van der Waals surface area contributed by atoms with Crippen LogP contribution in [-0.4, -0.2) is 23.9 Å². The van der Waals surface area contributed by atoms with Crippen molar-refractivity contribution >= 4 is 33.4 Å². The lowest BCUT2D eigenvalue weighted by Crippen LogP contribution is -2.28. The molecule has 1 aromatic rings. The Balaban J connectivity index is 2.32. The number of benzene rings is 1. The molecular weight excluding hydrogens is 296 g/mol. The molecule has 0 aromatic heterocycles. The molecule has 0 unspecified atom stereocenters. The topological polar surface area (TPSA) is 20.3 Å². The molecule has 16 heavy (non-hydrogen) atoms. The van der Waals surface area contributed by atoms with Gasteiger partial charge >= 0.3 is 0 Å². The summed E-state index contributed by atoms with van der Waals surface area (Å²) < 4.78 is 14.1. The van der Waals surface area contributed by atoms with E-state index >= 15 is 0 Å². The van der Waals surface area contributed by atoms with Gasteiger partial charge in [-0.05, 0) is 40.9 Å². The number of carbonyl (C=O) groups is 1. The molecule has 1 aliphatic heterocycles. The fourth-order valence-corrected chi connectivity index (χ4v) is 2.27. The SMILES string of the molecule is O=C(c1cc(Br)c(Cl)cc1F)N1CCCC1. The smallest absolute Gasteiger partial charge is 0.256 e. The van der Waals surface area contributed by atoms with Gasteiger partial charge in [-0.25, -0.2) is 4.39 Å². The summed E-state index contributed by atoms with van der Waals surface area (Å²) in [5.41, 5.74) is 0.0816. The molecule has 0 radical (unpaired) electrons. The highest BCUT2D eigenvalue weighted by atomic mass is 79.9. The molecule has 0 spiro atoms. The van der Waals surface area contributed by atoms with Gasteiger partial charge in [0.05, 0.1) is 10.6 Å². The van der Waals surface area contributed by atoms with E-state index in [9.17, 15) is 9.18 Å². The summed E-state index contributed by atoms with van der Waals surface area (Å²) >= 11 is 8.93. The maximum absolute atomic E-state index is 13.6. The zero-order valence-corrected chi connectivity index (χ0v) is 10.8. The average Bonchev–Trinajstić information content (AvgIpc) is 2.75. The van der Waals surface area contributed by atoms with Gasteiger partial charge in [-0.1, -0.05) is 11.6 Å². The van der Waals surface area contributed by atoms with Crippen molar-refractivity contribution in [3.8, 4) is 0 Å². The van der Waals surface area contributed by atoms with E-state index < -0.39 is 5.82 Å². The molecule has 1 saturated heterocycles. The Morgan fingerprint density at radius 1 is 1.38 bits per heavy atom. The van der Waals surface area contributed by atoms with Gasteiger partial charge in [0.1, 0.15) is 5.82 Å². The average molecular weight is 307 g/mol. The molecule has 1 heterocycles. The molecule has 0 saturated carbocycles. The van der Waals surface area contributed by atoms with Crippen molar-refractivity contribution in [2.75, 3.05) is 13.1 Å². The van der Waals surface area contributed by atoms with Crippen LogP contribution in [0, 0.1) is 5.82 Å². The highest BCUT2D eigenvalue weighted by Crippen LogP contribution is 2.27. The Morgan fingerprint density at radius 3 is 2.62 bits per heavy atom.